The van der Waals surface area contributed by atoms with Crippen LogP contribution in [0.1, 0.15) is 25.7 Å². The molecule has 0 amide bonds. The van der Waals surface area contributed by atoms with Crippen molar-refractivity contribution in [1.29, 1.82) is 0 Å². The second-order valence-electron chi connectivity index (χ2n) is 4.93. The molecular formula is C11H19NO4. The molecule has 2 fully saturated rings. The summed E-state index contributed by atoms with van der Waals surface area (Å²) in [7, 11) is 1.59. The monoisotopic (exact) mass is 229 g/mol. The Bertz CT molecular complexity index is 280. The van der Waals surface area contributed by atoms with E-state index < -0.39 is 17.0 Å². The lowest BCUT2D eigenvalue weighted by Gasteiger charge is -2.54. The van der Waals surface area contributed by atoms with Gasteiger partial charge in [-0.25, -0.2) is 0 Å². The van der Waals surface area contributed by atoms with Crippen LogP contribution in [0.2, 0.25) is 0 Å². The molecule has 0 aromatic heterocycles. The number of hydrogen-bond acceptors (Lipinski definition) is 4. The zero-order chi connectivity index (χ0) is 11.8. The largest absolute Gasteiger partial charge is 0.481 e. The Labute approximate surface area is 94.8 Å². The molecular weight excluding hydrogens is 210 g/mol. The third-order valence-corrected chi connectivity index (χ3v) is 4.22. The number of rotatable bonds is 3. The molecule has 3 N–H and O–H groups in total. The average Bonchev–Trinajstić information content (AvgIpc) is 2.16. The zero-order valence-electron chi connectivity index (χ0n) is 9.53. The van der Waals surface area contributed by atoms with E-state index in [9.17, 15) is 15.0 Å². The summed E-state index contributed by atoms with van der Waals surface area (Å²) >= 11 is 0. The zero-order valence-corrected chi connectivity index (χ0v) is 9.53. The third-order valence-electron chi connectivity index (χ3n) is 4.22. The number of aliphatic carboxylic acids is 1. The third kappa shape index (κ3) is 1.54. The second-order valence-corrected chi connectivity index (χ2v) is 4.93. The van der Waals surface area contributed by atoms with E-state index in [1.165, 1.54) is 0 Å². The van der Waals surface area contributed by atoms with Crippen LogP contribution in [-0.2, 0) is 9.53 Å². The quantitative estimate of drug-likeness (QED) is 0.634. The van der Waals surface area contributed by atoms with Crippen molar-refractivity contribution in [2.75, 3.05) is 20.2 Å². The predicted octanol–water partition coefficient (Wildman–Crippen LogP) is -0.0193. The summed E-state index contributed by atoms with van der Waals surface area (Å²) in [6.07, 6.45) is 1.85. The van der Waals surface area contributed by atoms with Gasteiger partial charge in [-0.1, -0.05) is 0 Å². The van der Waals surface area contributed by atoms with Crippen LogP contribution < -0.4 is 5.32 Å². The Morgan fingerprint density at radius 1 is 1.38 bits per heavy atom. The van der Waals surface area contributed by atoms with Crippen LogP contribution in [-0.4, -0.2) is 48.1 Å². The average molecular weight is 229 g/mol. The molecule has 1 aliphatic heterocycles. The molecule has 2 aliphatic rings. The van der Waals surface area contributed by atoms with Gasteiger partial charge >= 0.3 is 5.97 Å². The van der Waals surface area contributed by atoms with E-state index in [4.69, 9.17) is 4.74 Å². The minimum absolute atomic E-state index is 0.0185. The first-order valence-corrected chi connectivity index (χ1v) is 5.73. The number of piperidine rings is 1. The van der Waals surface area contributed by atoms with E-state index in [0.717, 1.165) is 0 Å². The van der Waals surface area contributed by atoms with Crippen molar-refractivity contribution < 1.29 is 19.7 Å². The lowest BCUT2D eigenvalue weighted by atomic mass is 9.54. The molecule has 0 spiro atoms. The highest BCUT2D eigenvalue weighted by molar-refractivity contribution is 5.78. The molecule has 2 rings (SSSR count). The number of carboxylic acid groups (broad SMARTS) is 1. The fraction of sp³-hybridized carbons (Fsp3) is 0.909. The highest BCUT2D eigenvalue weighted by Gasteiger charge is 2.63. The number of ether oxygens (including phenoxy) is 1. The first-order valence-electron chi connectivity index (χ1n) is 5.73. The molecule has 5 nitrogen and oxygen atoms in total. The van der Waals surface area contributed by atoms with Crippen LogP contribution in [0.4, 0.5) is 0 Å². The number of nitrogens with one attached hydrogen (secondary N) is 1. The van der Waals surface area contributed by atoms with Crippen molar-refractivity contribution in [3.63, 3.8) is 0 Å². The minimum atomic E-state index is -1.07. The lowest BCUT2D eigenvalue weighted by molar-refractivity contribution is -0.211. The standard InChI is InChI=1S/C11H19NO4/c1-16-8-6-10(7-8,9(13)14)11(15)2-4-12-5-3-11/h8,12,15H,2-7H2,1H3,(H,13,14). The fourth-order valence-corrected chi connectivity index (χ4v) is 2.96. The normalized spacial score (nSPS) is 37.8. The van der Waals surface area contributed by atoms with Gasteiger partial charge in [-0.05, 0) is 38.8 Å². The lowest BCUT2D eigenvalue weighted by Crippen LogP contribution is -2.64. The number of carboxylic acids is 1. The number of carbonyl (C=O) groups is 1. The maximum Gasteiger partial charge on any atom is 0.312 e. The van der Waals surface area contributed by atoms with Gasteiger partial charge in [-0.15, -0.1) is 0 Å². The molecule has 1 heterocycles. The Balaban J connectivity index is 2.17. The molecule has 0 aromatic carbocycles. The summed E-state index contributed by atoms with van der Waals surface area (Å²) in [5.41, 5.74) is -2.06. The SMILES string of the molecule is COC1CC(C(=O)O)(C2(O)CCNCC2)C1. The van der Waals surface area contributed by atoms with Gasteiger partial charge in [-0.3, -0.25) is 4.79 Å². The van der Waals surface area contributed by atoms with Gasteiger partial charge in [0, 0.05) is 7.11 Å². The van der Waals surface area contributed by atoms with Crippen LogP contribution in [0, 0.1) is 5.41 Å². The van der Waals surface area contributed by atoms with E-state index in [-0.39, 0.29) is 6.10 Å². The Morgan fingerprint density at radius 3 is 2.38 bits per heavy atom. The molecule has 1 saturated heterocycles. The Kier molecular flexibility index (Phi) is 2.94. The Morgan fingerprint density at radius 2 is 1.94 bits per heavy atom. The van der Waals surface area contributed by atoms with Crippen molar-refractivity contribution in [1.82, 2.24) is 5.32 Å². The van der Waals surface area contributed by atoms with Crippen molar-refractivity contribution in [3.8, 4) is 0 Å². The van der Waals surface area contributed by atoms with Crippen molar-refractivity contribution in [3.05, 3.63) is 0 Å². The first-order chi connectivity index (χ1) is 7.54. The second kappa shape index (κ2) is 3.98. The van der Waals surface area contributed by atoms with E-state index in [1.54, 1.807) is 7.11 Å². The summed E-state index contributed by atoms with van der Waals surface area (Å²) < 4.78 is 5.14. The Hall–Kier alpha value is -0.650. The highest BCUT2D eigenvalue weighted by Crippen LogP contribution is 2.53. The number of aliphatic hydroxyl groups is 1. The van der Waals surface area contributed by atoms with Gasteiger partial charge in [0.25, 0.3) is 0 Å². The van der Waals surface area contributed by atoms with Crippen molar-refractivity contribution in [2.24, 2.45) is 5.41 Å². The maximum absolute atomic E-state index is 11.4. The van der Waals surface area contributed by atoms with Crippen molar-refractivity contribution in [2.45, 2.75) is 37.4 Å². The summed E-state index contributed by atoms with van der Waals surface area (Å²) in [6, 6.07) is 0. The summed E-state index contributed by atoms with van der Waals surface area (Å²) in [5.74, 6) is -0.884. The van der Waals surface area contributed by atoms with Gasteiger partial charge in [0.1, 0.15) is 5.41 Å². The molecule has 92 valence electrons. The van der Waals surface area contributed by atoms with E-state index in [0.29, 0.717) is 38.8 Å². The van der Waals surface area contributed by atoms with Gasteiger partial charge in [-0.2, -0.15) is 0 Å². The van der Waals surface area contributed by atoms with Crippen LogP contribution in [0.15, 0.2) is 0 Å². The van der Waals surface area contributed by atoms with Gasteiger partial charge < -0.3 is 20.3 Å². The summed E-state index contributed by atoms with van der Waals surface area (Å²) in [6.45, 7) is 1.37. The van der Waals surface area contributed by atoms with Crippen LogP contribution in [0.3, 0.4) is 0 Å². The molecule has 16 heavy (non-hydrogen) atoms. The number of methoxy groups -OCH3 is 1. The van der Waals surface area contributed by atoms with E-state index in [1.807, 2.05) is 0 Å². The van der Waals surface area contributed by atoms with Crippen LogP contribution in [0.25, 0.3) is 0 Å². The predicted molar refractivity (Wildman–Crippen MR) is 57.2 cm³/mol. The first kappa shape index (κ1) is 11.8. The summed E-state index contributed by atoms with van der Waals surface area (Å²) in [4.78, 5) is 11.4. The van der Waals surface area contributed by atoms with E-state index in [2.05, 4.69) is 5.32 Å². The fourth-order valence-electron chi connectivity index (χ4n) is 2.96. The smallest absolute Gasteiger partial charge is 0.312 e. The topological polar surface area (TPSA) is 78.8 Å². The summed E-state index contributed by atoms with van der Waals surface area (Å²) in [5, 5.41) is 23.1. The molecule has 0 unspecified atom stereocenters. The molecule has 0 aromatic rings. The molecule has 0 atom stereocenters. The van der Waals surface area contributed by atoms with Gasteiger partial charge in [0.15, 0.2) is 0 Å². The maximum atomic E-state index is 11.4. The van der Waals surface area contributed by atoms with Crippen molar-refractivity contribution >= 4 is 5.97 Å². The van der Waals surface area contributed by atoms with Crippen LogP contribution in [0.5, 0.6) is 0 Å². The number of hydrogen-bond donors (Lipinski definition) is 3. The van der Waals surface area contributed by atoms with Gasteiger partial charge in [0.05, 0.1) is 11.7 Å². The van der Waals surface area contributed by atoms with Gasteiger partial charge in [0.2, 0.25) is 0 Å². The van der Waals surface area contributed by atoms with Crippen LogP contribution >= 0.6 is 0 Å². The highest BCUT2D eigenvalue weighted by atomic mass is 16.5. The molecule has 5 heteroatoms. The van der Waals surface area contributed by atoms with E-state index >= 15 is 0 Å². The molecule has 1 saturated carbocycles. The molecule has 0 bridgehead atoms. The molecule has 1 aliphatic carbocycles. The molecule has 0 radical (unpaired) electrons. The minimum Gasteiger partial charge on any atom is -0.481 e.